The van der Waals surface area contributed by atoms with Crippen LogP contribution < -0.4 is 9.47 Å². The first-order valence-electron chi connectivity index (χ1n) is 11.2. The molecule has 2 N–H and O–H groups in total. The number of likely N-dealkylation sites (tertiary alicyclic amines) is 1. The first kappa shape index (κ1) is 22.1. The summed E-state index contributed by atoms with van der Waals surface area (Å²) >= 11 is 0. The van der Waals surface area contributed by atoms with Gasteiger partial charge in [0, 0.05) is 31.6 Å². The zero-order chi connectivity index (χ0) is 22.2. The van der Waals surface area contributed by atoms with Gasteiger partial charge in [0.1, 0.15) is 17.1 Å². The van der Waals surface area contributed by atoms with Crippen molar-refractivity contribution >= 4 is 0 Å². The zero-order valence-electron chi connectivity index (χ0n) is 19.1. The van der Waals surface area contributed by atoms with E-state index in [0.717, 1.165) is 48.6 Å². The number of aliphatic hydroxyl groups excluding tert-OH is 2. The van der Waals surface area contributed by atoms with Crippen molar-refractivity contribution in [3.63, 3.8) is 0 Å². The van der Waals surface area contributed by atoms with E-state index in [2.05, 4.69) is 37.8 Å². The van der Waals surface area contributed by atoms with Crippen LogP contribution in [0.1, 0.15) is 68.9 Å². The maximum absolute atomic E-state index is 10.8. The van der Waals surface area contributed by atoms with Crippen molar-refractivity contribution in [2.75, 3.05) is 26.7 Å². The van der Waals surface area contributed by atoms with Crippen molar-refractivity contribution in [3.05, 3.63) is 59.2 Å². The summed E-state index contributed by atoms with van der Waals surface area (Å²) in [5, 5.41) is 21.5. The van der Waals surface area contributed by atoms with E-state index in [4.69, 9.17) is 9.47 Å². The van der Waals surface area contributed by atoms with Crippen molar-refractivity contribution in [3.8, 4) is 11.5 Å². The fraction of sp³-hybridized carbons (Fsp3) is 0.538. The molecule has 0 radical (unpaired) electrons. The number of rotatable bonds is 4. The first-order chi connectivity index (χ1) is 14.7. The Bertz CT molecular complexity index is 895. The summed E-state index contributed by atoms with van der Waals surface area (Å²) in [5.74, 6) is 1.49. The summed E-state index contributed by atoms with van der Waals surface area (Å²) in [6, 6.07) is 14.0. The van der Waals surface area contributed by atoms with Gasteiger partial charge in [-0.25, -0.2) is 0 Å². The van der Waals surface area contributed by atoms with Crippen LogP contribution in [0.15, 0.2) is 42.5 Å². The Morgan fingerprint density at radius 2 is 1.81 bits per heavy atom. The predicted octanol–water partition coefficient (Wildman–Crippen LogP) is 4.38. The van der Waals surface area contributed by atoms with E-state index in [1.807, 2.05) is 30.3 Å². The van der Waals surface area contributed by atoms with Crippen LogP contribution in [0.25, 0.3) is 0 Å². The highest BCUT2D eigenvalue weighted by atomic mass is 16.5. The fourth-order valence-electron chi connectivity index (χ4n) is 4.75. The van der Waals surface area contributed by atoms with Gasteiger partial charge in [-0.15, -0.1) is 0 Å². The standard InChI is InChI=1S/C26H35NO4/c1-25(2,3)19-7-5-18(6-8-19)23(29)17-27-13-11-26(12-14-27)16-22(28)21-15-20(30-4)9-10-24(21)31-26/h5-10,15,22-23,28-29H,11-14,16-17H2,1-4H3/t22-,23+/m1/s1. The average Bonchev–Trinajstić information content (AvgIpc) is 2.75. The average molecular weight is 426 g/mol. The van der Waals surface area contributed by atoms with Crippen LogP contribution in [-0.4, -0.2) is 47.5 Å². The molecule has 2 aromatic rings. The quantitative estimate of drug-likeness (QED) is 0.761. The number of hydrogen-bond donors (Lipinski definition) is 2. The number of hydrogen-bond acceptors (Lipinski definition) is 5. The van der Waals surface area contributed by atoms with Gasteiger partial charge in [-0.3, -0.25) is 0 Å². The second kappa shape index (κ2) is 8.45. The number of aliphatic hydroxyl groups is 2. The molecule has 0 unspecified atom stereocenters. The van der Waals surface area contributed by atoms with Crippen LogP contribution in [0.4, 0.5) is 0 Å². The highest BCUT2D eigenvalue weighted by Crippen LogP contribution is 2.45. The summed E-state index contributed by atoms with van der Waals surface area (Å²) < 4.78 is 11.7. The maximum atomic E-state index is 10.8. The van der Waals surface area contributed by atoms with Crippen molar-refractivity contribution in [2.24, 2.45) is 0 Å². The first-order valence-corrected chi connectivity index (χ1v) is 11.2. The van der Waals surface area contributed by atoms with Gasteiger partial charge < -0.3 is 24.6 Å². The third kappa shape index (κ3) is 4.74. The van der Waals surface area contributed by atoms with Crippen molar-refractivity contribution in [1.82, 2.24) is 4.90 Å². The molecule has 0 bridgehead atoms. The Morgan fingerprint density at radius 1 is 1.13 bits per heavy atom. The highest BCUT2D eigenvalue weighted by molar-refractivity contribution is 5.43. The topological polar surface area (TPSA) is 62.2 Å². The predicted molar refractivity (Wildman–Crippen MR) is 122 cm³/mol. The Morgan fingerprint density at radius 3 is 2.42 bits per heavy atom. The second-order valence-electron chi connectivity index (χ2n) is 10.1. The third-order valence-electron chi connectivity index (χ3n) is 6.83. The monoisotopic (exact) mass is 425 g/mol. The molecule has 1 spiro atoms. The van der Waals surface area contributed by atoms with Crippen molar-refractivity contribution < 1.29 is 19.7 Å². The number of fused-ring (bicyclic) bond motifs is 1. The molecule has 0 amide bonds. The minimum absolute atomic E-state index is 0.110. The minimum Gasteiger partial charge on any atom is -0.497 e. The molecule has 1 fully saturated rings. The van der Waals surface area contributed by atoms with Gasteiger partial charge in [0.15, 0.2) is 0 Å². The molecule has 168 valence electrons. The molecule has 0 saturated carbocycles. The van der Waals surface area contributed by atoms with Crippen LogP contribution in [0.3, 0.4) is 0 Å². The lowest BCUT2D eigenvalue weighted by molar-refractivity contribution is -0.0588. The SMILES string of the molecule is COc1ccc2c(c1)[C@H](O)CC1(CCN(C[C@H](O)c3ccc(C(C)(C)C)cc3)CC1)O2. The molecule has 2 aliphatic heterocycles. The number of β-amino-alcohol motifs (C(OH)–C–C–N with tert-alkyl or cyclic N) is 1. The molecule has 0 aliphatic carbocycles. The number of piperidine rings is 1. The van der Waals surface area contributed by atoms with Gasteiger partial charge in [0.05, 0.1) is 19.3 Å². The summed E-state index contributed by atoms with van der Waals surface area (Å²) in [7, 11) is 1.63. The normalized spacial score (nSPS) is 21.9. The number of benzene rings is 2. The Kier molecular flexibility index (Phi) is 6.03. The third-order valence-corrected chi connectivity index (χ3v) is 6.83. The van der Waals surface area contributed by atoms with Crippen LogP contribution in [0.5, 0.6) is 11.5 Å². The van der Waals surface area contributed by atoms with Crippen molar-refractivity contribution in [1.29, 1.82) is 0 Å². The lowest BCUT2D eigenvalue weighted by Crippen LogP contribution is -2.51. The molecule has 4 rings (SSSR count). The summed E-state index contributed by atoms with van der Waals surface area (Å²) in [5.41, 5.74) is 2.81. The summed E-state index contributed by atoms with van der Waals surface area (Å²) in [6.45, 7) is 8.88. The van der Waals surface area contributed by atoms with Crippen molar-refractivity contribution in [2.45, 2.75) is 63.3 Å². The van der Waals surface area contributed by atoms with E-state index < -0.39 is 12.2 Å². The van der Waals surface area contributed by atoms with E-state index in [1.54, 1.807) is 7.11 Å². The molecular weight excluding hydrogens is 390 g/mol. The zero-order valence-corrected chi connectivity index (χ0v) is 19.1. The smallest absolute Gasteiger partial charge is 0.126 e. The van der Waals surface area contributed by atoms with Gasteiger partial charge in [-0.2, -0.15) is 0 Å². The molecule has 2 heterocycles. The van der Waals surface area contributed by atoms with Crippen LogP contribution in [0, 0.1) is 0 Å². The van der Waals surface area contributed by atoms with Gasteiger partial charge in [0.25, 0.3) is 0 Å². The van der Waals surface area contributed by atoms with Crippen LogP contribution in [-0.2, 0) is 5.41 Å². The molecule has 5 heteroatoms. The maximum Gasteiger partial charge on any atom is 0.126 e. The van der Waals surface area contributed by atoms with E-state index in [1.165, 1.54) is 5.56 Å². The molecule has 2 aliphatic rings. The lowest BCUT2D eigenvalue weighted by atomic mass is 9.81. The number of ether oxygens (including phenoxy) is 2. The lowest BCUT2D eigenvalue weighted by Gasteiger charge is -2.46. The second-order valence-corrected chi connectivity index (χ2v) is 10.1. The fourth-order valence-corrected chi connectivity index (χ4v) is 4.75. The van der Waals surface area contributed by atoms with Gasteiger partial charge in [0.2, 0.25) is 0 Å². The molecule has 1 saturated heterocycles. The number of methoxy groups -OCH3 is 1. The van der Waals surface area contributed by atoms with E-state index in [9.17, 15) is 10.2 Å². The van der Waals surface area contributed by atoms with Gasteiger partial charge in [-0.05, 0) is 47.6 Å². The van der Waals surface area contributed by atoms with Crippen LogP contribution >= 0.6 is 0 Å². The summed E-state index contributed by atoms with van der Waals surface area (Å²) in [4.78, 5) is 2.30. The van der Waals surface area contributed by atoms with E-state index >= 15 is 0 Å². The van der Waals surface area contributed by atoms with E-state index in [-0.39, 0.29) is 11.0 Å². The van der Waals surface area contributed by atoms with E-state index in [0.29, 0.717) is 13.0 Å². The highest BCUT2D eigenvalue weighted by Gasteiger charge is 2.43. The molecule has 31 heavy (non-hydrogen) atoms. The van der Waals surface area contributed by atoms with Crippen LogP contribution in [0.2, 0.25) is 0 Å². The molecular formula is C26H35NO4. The van der Waals surface area contributed by atoms with Gasteiger partial charge >= 0.3 is 0 Å². The molecule has 5 nitrogen and oxygen atoms in total. The Hall–Kier alpha value is -2.08. The largest absolute Gasteiger partial charge is 0.497 e. The Balaban J connectivity index is 1.36. The Labute approximate surface area is 185 Å². The molecule has 2 aromatic carbocycles. The molecule has 2 atom stereocenters. The number of nitrogens with zero attached hydrogens (tertiary/aromatic N) is 1. The summed E-state index contributed by atoms with van der Waals surface area (Å²) in [6.07, 6.45) is 1.22. The minimum atomic E-state index is -0.544. The molecule has 0 aromatic heterocycles. The van der Waals surface area contributed by atoms with Gasteiger partial charge in [-0.1, -0.05) is 45.0 Å².